The summed E-state index contributed by atoms with van der Waals surface area (Å²) in [6.45, 7) is 1.90. The van der Waals surface area contributed by atoms with Gasteiger partial charge >= 0.3 is 0 Å². The van der Waals surface area contributed by atoms with E-state index in [1.54, 1.807) is 6.92 Å². The Balaban J connectivity index is 1.47. The lowest BCUT2D eigenvalue weighted by atomic mass is 9.92. The molecule has 2 aliphatic heterocycles. The number of ether oxygens (including phenoxy) is 3. The quantitative estimate of drug-likeness (QED) is 0.346. The zero-order valence-electron chi connectivity index (χ0n) is 16.7. The number of hydrogen-bond donors (Lipinski definition) is 1. The number of hydrogen-bond acceptors (Lipinski definition) is 9. The average Bonchev–Trinajstić information content (AvgIpc) is 3.41. The van der Waals surface area contributed by atoms with Crippen LogP contribution in [0.4, 0.5) is 0 Å². The van der Waals surface area contributed by atoms with Crippen LogP contribution in [0.15, 0.2) is 41.6 Å². The van der Waals surface area contributed by atoms with Crippen LogP contribution in [0.1, 0.15) is 29.6 Å². The Kier molecular flexibility index (Phi) is 5.82. The molecule has 0 aliphatic carbocycles. The molecule has 11 nitrogen and oxygen atoms in total. The predicted molar refractivity (Wildman–Crippen MR) is 113 cm³/mol. The molecule has 1 aromatic carbocycles. The summed E-state index contributed by atoms with van der Waals surface area (Å²) in [7, 11) is 0. The maximum atomic E-state index is 11.2. The van der Waals surface area contributed by atoms with Gasteiger partial charge in [-0.3, -0.25) is 0 Å². The highest BCUT2D eigenvalue weighted by Gasteiger charge is 2.51. The van der Waals surface area contributed by atoms with Gasteiger partial charge in [-0.2, -0.15) is 4.68 Å². The van der Waals surface area contributed by atoms with E-state index in [0.717, 1.165) is 5.56 Å². The summed E-state index contributed by atoms with van der Waals surface area (Å²) in [6, 6.07) is 8.47. The van der Waals surface area contributed by atoms with Crippen molar-refractivity contribution < 1.29 is 19.3 Å². The van der Waals surface area contributed by atoms with Crippen LogP contribution in [0.5, 0.6) is 0 Å². The molecule has 4 heterocycles. The Hall–Kier alpha value is -2.57. The van der Waals surface area contributed by atoms with E-state index in [0.29, 0.717) is 21.1 Å². The van der Waals surface area contributed by atoms with Gasteiger partial charge in [-0.25, -0.2) is 9.97 Å². The van der Waals surface area contributed by atoms with Gasteiger partial charge in [-0.05, 0) is 12.5 Å². The number of nitrogens with zero attached hydrogens (tertiary/aromatic N) is 7. The second kappa shape index (κ2) is 8.75. The van der Waals surface area contributed by atoms with Gasteiger partial charge in [0, 0.05) is 10.5 Å². The number of azide groups is 1. The largest absolute Gasteiger partial charge is 0.389 e. The van der Waals surface area contributed by atoms with Crippen LogP contribution in [0, 0.1) is 6.92 Å². The second-order valence-electron chi connectivity index (χ2n) is 7.33. The number of thiazole rings is 1. The number of benzene rings is 1. The lowest BCUT2D eigenvalue weighted by Crippen LogP contribution is -2.58. The fraction of sp³-hybridized carbons (Fsp3) is 0.421. The van der Waals surface area contributed by atoms with Crippen molar-refractivity contribution >= 4 is 22.9 Å². The Labute approximate surface area is 191 Å². The van der Waals surface area contributed by atoms with Crippen molar-refractivity contribution in [3.63, 3.8) is 0 Å². The number of rotatable bonds is 4. The summed E-state index contributed by atoms with van der Waals surface area (Å²) in [6.07, 6.45) is -2.64. The van der Waals surface area contributed by atoms with Crippen LogP contribution >= 0.6 is 22.9 Å². The maximum Gasteiger partial charge on any atom is 0.213 e. The highest BCUT2D eigenvalue weighted by atomic mass is 35.5. The molecule has 0 spiro atoms. The van der Waals surface area contributed by atoms with Crippen LogP contribution in [0.2, 0.25) is 4.34 Å². The first kappa shape index (κ1) is 21.3. The number of aryl methyl sites for hydroxylation is 1. The minimum Gasteiger partial charge on any atom is -0.389 e. The Bertz CT molecular complexity index is 1150. The third-order valence-corrected chi connectivity index (χ3v) is 6.36. The number of aliphatic hydroxyl groups is 1. The molecule has 2 aliphatic rings. The standard InChI is InChI=1S/C19H18ClN7O4S/c1-9-23-17(27(25-9)19-22-7-12(20)32-19)16-14(28)13(24-26-21)15-11(30-16)8-29-18(31-15)10-5-3-2-4-6-10/h2-7,11,13-16,18,28H,8H2,1H3/t11-,13-,14-,15+,16-,18?/m1/s1. The summed E-state index contributed by atoms with van der Waals surface area (Å²) in [5.74, 6) is 0.785. The highest BCUT2D eigenvalue weighted by molar-refractivity contribution is 7.18. The minimum atomic E-state index is -1.24. The predicted octanol–water partition coefficient (Wildman–Crippen LogP) is 3.28. The van der Waals surface area contributed by atoms with Crippen molar-refractivity contribution in [3.8, 4) is 5.13 Å². The van der Waals surface area contributed by atoms with E-state index in [4.69, 9.17) is 31.3 Å². The fourth-order valence-electron chi connectivity index (χ4n) is 3.90. The molecule has 0 bridgehead atoms. The highest BCUT2D eigenvalue weighted by Crippen LogP contribution is 2.40. The molecule has 32 heavy (non-hydrogen) atoms. The molecule has 0 radical (unpaired) electrons. The fourth-order valence-corrected chi connectivity index (χ4v) is 4.76. The molecule has 13 heteroatoms. The van der Waals surface area contributed by atoms with Gasteiger partial charge in [-0.1, -0.05) is 58.4 Å². The first-order valence-electron chi connectivity index (χ1n) is 9.80. The normalized spacial score (nSPS) is 29.8. The molecule has 3 aromatic rings. The van der Waals surface area contributed by atoms with Gasteiger partial charge in [0.15, 0.2) is 12.1 Å². The first-order valence-corrected chi connectivity index (χ1v) is 11.0. The molecule has 1 N–H and O–H groups in total. The van der Waals surface area contributed by atoms with Gasteiger partial charge in [0.1, 0.15) is 28.5 Å². The number of fused-ring (bicyclic) bond motifs is 1. The summed E-state index contributed by atoms with van der Waals surface area (Å²) < 4.78 is 20.1. The van der Waals surface area contributed by atoms with Crippen LogP contribution in [0.3, 0.4) is 0 Å². The summed E-state index contributed by atoms with van der Waals surface area (Å²) >= 11 is 7.24. The van der Waals surface area contributed by atoms with Gasteiger partial charge in [0.05, 0.1) is 24.9 Å². The number of halogens is 1. The van der Waals surface area contributed by atoms with E-state index in [1.807, 2.05) is 30.3 Å². The summed E-state index contributed by atoms with van der Waals surface area (Å²) in [4.78, 5) is 11.6. The average molecular weight is 476 g/mol. The van der Waals surface area contributed by atoms with Crippen LogP contribution in [-0.2, 0) is 14.2 Å². The third kappa shape index (κ3) is 3.86. The molecule has 5 rings (SSSR count). The van der Waals surface area contributed by atoms with E-state index in [9.17, 15) is 5.11 Å². The molecule has 0 amide bonds. The smallest absolute Gasteiger partial charge is 0.213 e. The molecular weight excluding hydrogens is 458 g/mol. The summed E-state index contributed by atoms with van der Waals surface area (Å²) in [5, 5.41) is 19.8. The van der Waals surface area contributed by atoms with Crippen molar-refractivity contribution in [2.75, 3.05) is 6.61 Å². The van der Waals surface area contributed by atoms with E-state index < -0.39 is 36.7 Å². The van der Waals surface area contributed by atoms with Gasteiger partial charge in [-0.15, -0.1) is 5.10 Å². The second-order valence-corrected chi connectivity index (χ2v) is 8.97. The van der Waals surface area contributed by atoms with E-state index >= 15 is 0 Å². The monoisotopic (exact) mass is 475 g/mol. The Morgan fingerprint density at radius 3 is 2.84 bits per heavy atom. The van der Waals surface area contributed by atoms with Crippen LogP contribution in [-0.4, -0.2) is 55.8 Å². The van der Waals surface area contributed by atoms with Gasteiger partial charge < -0.3 is 19.3 Å². The van der Waals surface area contributed by atoms with Gasteiger partial charge in [0.25, 0.3) is 0 Å². The number of aliphatic hydroxyl groups excluding tert-OH is 1. The molecule has 2 aromatic heterocycles. The van der Waals surface area contributed by atoms with E-state index in [1.165, 1.54) is 22.2 Å². The topological polar surface area (TPSA) is 140 Å². The van der Waals surface area contributed by atoms with Gasteiger partial charge in [0.2, 0.25) is 5.13 Å². The van der Waals surface area contributed by atoms with Crippen molar-refractivity contribution in [2.24, 2.45) is 5.11 Å². The molecule has 2 fully saturated rings. The summed E-state index contributed by atoms with van der Waals surface area (Å²) in [5.41, 5.74) is 9.99. The van der Waals surface area contributed by atoms with Crippen LogP contribution in [0.25, 0.3) is 15.6 Å². The lowest BCUT2D eigenvalue weighted by molar-refractivity contribution is -0.309. The molecule has 166 valence electrons. The SMILES string of the molecule is Cc1nc([C@@H]2O[C@@H]3COC(c4ccccc4)O[C@@H]3[C@H](N=[N+]=[N-])[C@H]2O)n(-c2ncc(Cl)s2)n1. The zero-order valence-corrected chi connectivity index (χ0v) is 18.3. The molecular formula is C19H18ClN7O4S. The Morgan fingerprint density at radius 2 is 2.12 bits per heavy atom. The van der Waals surface area contributed by atoms with Crippen LogP contribution < -0.4 is 0 Å². The van der Waals surface area contributed by atoms with E-state index in [-0.39, 0.29) is 6.61 Å². The van der Waals surface area contributed by atoms with Crippen molar-refractivity contribution in [3.05, 3.63) is 68.5 Å². The van der Waals surface area contributed by atoms with Crippen molar-refractivity contribution in [2.45, 2.75) is 43.7 Å². The maximum absolute atomic E-state index is 11.2. The Morgan fingerprint density at radius 1 is 1.31 bits per heavy atom. The molecule has 2 saturated heterocycles. The minimum absolute atomic E-state index is 0.182. The number of aromatic nitrogens is 4. The molecule has 6 atom stereocenters. The molecule has 0 saturated carbocycles. The third-order valence-electron chi connectivity index (χ3n) is 5.27. The lowest BCUT2D eigenvalue weighted by Gasteiger charge is -2.46. The molecule has 1 unspecified atom stereocenters. The first-order chi connectivity index (χ1) is 15.5. The van der Waals surface area contributed by atoms with Crippen molar-refractivity contribution in [1.29, 1.82) is 0 Å². The zero-order chi connectivity index (χ0) is 22.2. The van der Waals surface area contributed by atoms with E-state index in [2.05, 4.69) is 25.1 Å². The van der Waals surface area contributed by atoms with Crippen molar-refractivity contribution in [1.82, 2.24) is 19.7 Å².